The van der Waals surface area contributed by atoms with Crippen LogP contribution >= 0.6 is 24.8 Å². The molecule has 0 aliphatic carbocycles. The largest absolute Gasteiger partial charge is 0.468 e. The molecule has 0 aromatic rings. The van der Waals surface area contributed by atoms with Crippen molar-refractivity contribution in [3.05, 3.63) is 0 Å². The molecule has 0 aromatic carbocycles. The first-order valence-electron chi connectivity index (χ1n) is 5.35. The molecule has 0 radical (unpaired) electrons. The lowest BCUT2D eigenvalue weighted by molar-refractivity contribution is -0.143. The van der Waals surface area contributed by atoms with Gasteiger partial charge in [0.25, 0.3) is 0 Å². The number of nitrogens with one attached hydrogen (secondary N) is 1. The fraction of sp³-hybridized carbons (Fsp3) is 0.800. The molecular formula is C10H20Cl2N2O5. The molecule has 0 bridgehead atoms. The van der Waals surface area contributed by atoms with E-state index >= 15 is 0 Å². The molecule has 19 heavy (non-hydrogen) atoms. The minimum atomic E-state index is -0.816. The zero-order valence-electron chi connectivity index (χ0n) is 10.7. The van der Waals surface area contributed by atoms with Gasteiger partial charge in [0.1, 0.15) is 12.1 Å². The first-order valence-corrected chi connectivity index (χ1v) is 5.35. The van der Waals surface area contributed by atoms with Gasteiger partial charge in [0.05, 0.1) is 20.3 Å². The minimum Gasteiger partial charge on any atom is -0.468 e. The Morgan fingerprint density at radius 3 is 2.42 bits per heavy atom. The molecule has 0 aromatic heterocycles. The number of aliphatic hydroxyl groups is 1. The molecule has 0 saturated carbocycles. The Balaban J connectivity index is 0. The molecule has 114 valence electrons. The van der Waals surface area contributed by atoms with Crippen LogP contribution in [0.1, 0.15) is 12.8 Å². The lowest BCUT2D eigenvalue weighted by Crippen LogP contribution is -2.44. The van der Waals surface area contributed by atoms with Gasteiger partial charge in [-0.15, -0.1) is 24.8 Å². The highest BCUT2D eigenvalue weighted by molar-refractivity contribution is 5.85. The van der Waals surface area contributed by atoms with Gasteiger partial charge < -0.3 is 20.3 Å². The Hall–Kier alpha value is -0.600. The predicted molar refractivity (Wildman–Crippen MR) is 72.5 cm³/mol. The van der Waals surface area contributed by atoms with E-state index in [1.807, 2.05) is 0 Å². The van der Waals surface area contributed by atoms with Crippen LogP contribution in [0.5, 0.6) is 0 Å². The van der Waals surface area contributed by atoms with Crippen molar-refractivity contribution in [2.75, 3.05) is 14.2 Å². The lowest BCUT2D eigenvalue weighted by Gasteiger charge is -2.18. The van der Waals surface area contributed by atoms with E-state index in [0.717, 1.165) is 0 Å². The molecule has 1 rings (SSSR count). The Bertz CT molecular complexity index is 306. The zero-order chi connectivity index (χ0) is 13.0. The summed E-state index contributed by atoms with van der Waals surface area (Å²) in [5.41, 5.74) is 5.58. The van der Waals surface area contributed by atoms with Crippen LogP contribution < -0.4 is 11.1 Å². The van der Waals surface area contributed by atoms with Gasteiger partial charge in [-0.1, -0.05) is 0 Å². The third kappa shape index (κ3) is 5.50. The second-order valence-electron chi connectivity index (χ2n) is 4.02. The number of carbonyl (C=O) groups excluding carboxylic acids is 2. The molecule has 1 fully saturated rings. The Morgan fingerprint density at radius 1 is 1.37 bits per heavy atom. The van der Waals surface area contributed by atoms with Gasteiger partial charge in [0.15, 0.2) is 0 Å². The second kappa shape index (κ2) is 9.33. The second-order valence-corrected chi connectivity index (χ2v) is 4.02. The van der Waals surface area contributed by atoms with Crippen LogP contribution in [0.2, 0.25) is 0 Å². The number of carbonyl (C=O) groups is 2. The van der Waals surface area contributed by atoms with Gasteiger partial charge in [0, 0.05) is 12.5 Å². The number of esters is 2. The molecule has 4 N–H and O–H groups in total. The van der Waals surface area contributed by atoms with Crippen LogP contribution in [0.25, 0.3) is 0 Å². The molecular weight excluding hydrogens is 299 g/mol. The quantitative estimate of drug-likeness (QED) is 0.569. The van der Waals surface area contributed by atoms with Crippen molar-refractivity contribution < 1.29 is 24.2 Å². The minimum absolute atomic E-state index is 0. The maximum absolute atomic E-state index is 11.3. The molecule has 1 saturated heterocycles. The van der Waals surface area contributed by atoms with E-state index in [0.29, 0.717) is 0 Å². The maximum Gasteiger partial charge on any atom is 0.322 e. The molecule has 9 heteroatoms. The number of hydrogen-bond acceptors (Lipinski definition) is 7. The summed E-state index contributed by atoms with van der Waals surface area (Å²) in [5.74, 6) is -0.973. The van der Waals surface area contributed by atoms with Gasteiger partial charge in [-0.3, -0.25) is 14.9 Å². The highest BCUT2D eigenvalue weighted by Gasteiger charge is 2.38. The SMILES string of the molecule is COC(=O)[C@@H]1C[C@H](O)[C@H](C[C@H](N)C(=O)OC)N1.Cl.Cl. The van der Waals surface area contributed by atoms with Crippen molar-refractivity contribution in [1.29, 1.82) is 0 Å². The fourth-order valence-electron chi connectivity index (χ4n) is 1.90. The number of nitrogens with two attached hydrogens (primary N) is 1. The van der Waals surface area contributed by atoms with E-state index in [4.69, 9.17) is 5.73 Å². The van der Waals surface area contributed by atoms with Gasteiger partial charge in [-0.25, -0.2) is 0 Å². The summed E-state index contributed by atoms with van der Waals surface area (Å²) < 4.78 is 9.06. The van der Waals surface area contributed by atoms with Crippen LogP contribution in [0.15, 0.2) is 0 Å². The smallest absolute Gasteiger partial charge is 0.322 e. The summed E-state index contributed by atoms with van der Waals surface area (Å²) in [7, 11) is 2.53. The summed E-state index contributed by atoms with van der Waals surface area (Å²) in [5, 5.41) is 12.6. The number of hydrogen-bond donors (Lipinski definition) is 3. The summed E-state index contributed by atoms with van der Waals surface area (Å²) >= 11 is 0. The summed E-state index contributed by atoms with van der Waals surface area (Å²) in [4.78, 5) is 22.4. The molecule has 0 spiro atoms. The summed E-state index contributed by atoms with van der Waals surface area (Å²) in [6, 6.07) is -1.78. The fourth-order valence-corrected chi connectivity index (χ4v) is 1.90. The maximum atomic E-state index is 11.3. The van der Waals surface area contributed by atoms with E-state index < -0.39 is 36.2 Å². The van der Waals surface area contributed by atoms with E-state index in [1.165, 1.54) is 14.2 Å². The van der Waals surface area contributed by atoms with E-state index in [9.17, 15) is 14.7 Å². The Kier molecular flexibility index (Phi) is 10.2. The first kappa shape index (κ1) is 20.7. The van der Waals surface area contributed by atoms with Crippen molar-refractivity contribution in [3.8, 4) is 0 Å². The van der Waals surface area contributed by atoms with Crippen molar-refractivity contribution >= 4 is 36.8 Å². The molecule has 1 heterocycles. The van der Waals surface area contributed by atoms with Gasteiger partial charge >= 0.3 is 11.9 Å². The third-order valence-electron chi connectivity index (χ3n) is 2.85. The van der Waals surface area contributed by atoms with Crippen LogP contribution in [0.3, 0.4) is 0 Å². The molecule has 0 amide bonds. The predicted octanol–water partition coefficient (Wildman–Crippen LogP) is -1.02. The van der Waals surface area contributed by atoms with Crippen LogP contribution in [0.4, 0.5) is 0 Å². The number of rotatable bonds is 4. The monoisotopic (exact) mass is 318 g/mol. The van der Waals surface area contributed by atoms with E-state index in [1.54, 1.807) is 0 Å². The van der Waals surface area contributed by atoms with Crippen molar-refractivity contribution in [2.45, 2.75) is 37.1 Å². The Labute approximate surface area is 124 Å². The molecule has 4 atom stereocenters. The number of halogens is 2. The standard InChI is InChI=1S/C10H18N2O5.2ClH/c1-16-9(14)5(11)3-6-8(13)4-7(12-6)10(15)17-2;;/h5-8,12-13H,3-4,11H2,1-2H3;2*1H/t5-,6-,7-,8-;;/m0../s1. The summed E-state index contributed by atoms with van der Waals surface area (Å²) in [6.07, 6.45) is -0.262. The highest BCUT2D eigenvalue weighted by atomic mass is 35.5. The van der Waals surface area contributed by atoms with Crippen LogP contribution in [-0.2, 0) is 19.1 Å². The van der Waals surface area contributed by atoms with E-state index in [-0.39, 0.29) is 37.7 Å². The van der Waals surface area contributed by atoms with Gasteiger partial charge in [-0.2, -0.15) is 0 Å². The molecule has 0 unspecified atom stereocenters. The average Bonchev–Trinajstić information content (AvgIpc) is 2.68. The lowest BCUT2D eigenvalue weighted by atomic mass is 10.0. The van der Waals surface area contributed by atoms with Crippen LogP contribution in [-0.4, -0.2) is 55.5 Å². The van der Waals surface area contributed by atoms with Crippen molar-refractivity contribution in [1.82, 2.24) is 5.32 Å². The first-order chi connectivity index (χ1) is 7.99. The highest BCUT2D eigenvalue weighted by Crippen LogP contribution is 2.18. The third-order valence-corrected chi connectivity index (χ3v) is 2.85. The number of aliphatic hydroxyl groups excluding tert-OH is 1. The average molecular weight is 319 g/mol. The normalized spacial score (nSPS) is 26.6. The van der Waals surface area contributed by atoms with Crippen LogP contribution in [0, 0.1) is 0 Å². The molecule has 1 aliphatic rings. The van der Waals surface area contributed by atoms with Crippen molar-refractivity contribution in [2.24, 2.45) is 5.73 Å². The topological polar surface area (TPSA) is 111 Å². The molecule has 7 nitrogen and oxygen atoms in total. The Morgan fingerprint density at radius 2 is 1.95 bits per heavy atom. The van der Waals surface area contributed by atoms with Crippen molar-refractivity contribution in [3.63, 3.8) is 0 Å². The summed E-state index contributed by atoms with van der Waals surface area (Å²) in [6.45, 7) is 0. The number of methoxy groups -OCH3 is 2. The van der Waals surface area contributed by atoms with Gasteiger partial charge in [0.2, 0.25) is 0 Å². The molecule has 1 aliphatic heterocycles. The van der Waals surface area contributed by atoms with E-state index in [2.05, 4.69) is 14.8 Å². The number of ether oxygens (including phenoxy) is 2. The van der Waals surface area contributed by atoms with Gasteiger partial charge in [-0.05, 0) is 6.42 Å². The zero-order valence-corrected chi connectivity index (χ0v) is 12.3.